The highest BCUT2D eigenvalue weighted by Gasteiger charge is 2.27. The average molecular weight is 383 g/mol. The molecule has 23 heavy (non-hydrogen) atoms. The van der Waals surface area contributed by atoms with Gasteiger partial charge in [0.15, 0.2) is 0 Å². The number of amides is 1. The molecule has 1 unspecified atom stereocenters. The largest absolute Gasteiger partial charge is 0.379 e. The Kier molecular flexibility index (Phi) is 7.53. The summed E-state index contributed by atoms with van der Waals surface area (Å²) in [6.07, 6.45) is 2.26. The maximum atomic E-state index is 12.4. The molecule has 2 rings (SSSR count). The fourth-order valence-electron chi connectivity index (χ4n) is 3.24. The second-order valence-electron chi connectivity index (χ2n) is 6.01. The molecule has 0 radical (unpaired) electrons. The summed E-state index contributed by atoms with van der Waals surface area (Å²) in [5.74, 6) is 0.597. The van der Waals surface area contributed by atoms with E-state index in [-0.39, 0.29) is 5.91 Å². The molecule has 1 fully saturated rings. The number of carbonyl (C=O) groups is 1. The number of halogens is 1. The number of benzene rings is 1. The summed E-state index contributed by atoms with van der Waals surface area (Å²) in [5, 5.41) is 3.13. The second kappa shape index (κ2) is 9.40. The summed E-state index contributed by atoms with van der Waals surface area (Å²) < 4.78 is 6.45. The Bertz CT molecular complexity index is 482. The van der Waals surface area contributed by atoms with Crippen LogP contribution in [0.2, 0.25) is 0 Å². The number of rotatable bonds is 7. The van der Waals surface area contributed by atoms with Crippen LogP contribution in [0, 0.1) is 5.92 Å². The molecule has 5 heteroatoms. The maximum absolute atomic E-state index is 12.4. The van der Waals surface area contributed by atoms with Crippen molar-refractivity contribution in [3.05, 3.63) is 34.3 Å². The molecule has 0 bridgehead atoms. The molecular formula is C18H27BrN2O2. The average Bonchev–Trinajstić information content (AvgIpc) is 2.59. The van der Waals surface area contributed by atoms with Gasteiger partial charge in [-0.05, 0) is 30.2 Å². The van der Waals surface area contributed by atoms with E-state index < -0.39 is 0 Å². The van der Waals surface area contributed by atoms with Crippen molar-refractivity contribution in [1.29, 1.82) is 0 Å². The molecule has 1 heterocycles. The van der Waals surface area contributed by atoms with Crippen molar-refractivity contribution in [2.24, 2.45) is 5.92 Å². The molecule has 1 atom stereocenters. The molecule has 0 aliphatic carbocycles. The van der Waals surface area contributed by atoms with Gasteiger partial charge in [0, 0.05) is 35.7 Å². The lowest BCUT2D eigenvalue weighted by Crippen LogP contribution is -2.52. The van der Waals surface area contributed by atoms with Gasteiger partial charge in [-0.25, -0.2) is 0 Å². The Balaban J connectivity index is 1.99. The summed E-state index contributed by atoms with van der Waals surface area (Å²) >= 11 is 3.40. The molecule has 1 aliphatic heterocycles. The zero-order valence-electron chi connectivity index (χ0n) is 14.1. The van der Waals surface area contributed by atoms with Crippen molar-refractivity contribution in [3.8, 4) is 0 Å². The fraction of sp³-hybridized carbons (Fsp3) is 0.611. The highest BCUT2D eigenvalue weighted by Crippen LogP contribution is 2.20. The van der Waals surface area contributed by atoms with E-state index in [9.17, 15) is 4.79 Å². The standard InChI is InChI=1S/C18H27BrN2O2/c1-3-14(4-2)17(21-9-11-23-12-10-21)13-20-18(22)15-5-7-16(19)8-6-15/h5-8,14,17H,3-4,9-13H2,1-2H3,(H,20,22). The van der Waals surface area contributed by atoms with Crippen molar-refractivity contribution in [3.63, 3.8) is 0 Å². The van der Waals surface area contributed by atoms with Crippen molar-refractivity contribution in [2.45, 2.75) is 32.7 Å². The third kappa shape index (κ3) is 5.30. The Labute approximate surface area is 147 Å². The monoisotopic (exact) mass is 382 g/mol. The first-order valence-electron chi connectivity index (χ1n) is 8.51. The topological polar surface area (TPSA) is 41.6 Å². The van der Waals surface area contributed by atoms with Gasteiger partial charge in [-0.15, -0.1) is 0 Å². The van der Waals surface area contributed by atoms with Crippen LogP contribution in [0.25, 0.3) is 0 Å². The number of hydrogen-bond donors (Lipinski definition) is 1. The highest BCUT2D eigenvalue weighted by atomic mass is 79.9. The summed E-state index contributed by atoms with van der Waals surface area (Å²) in [6.45, 7) is 8.65. The zero-order chi connectivity index (χ0) is 16.7. The molecule has 1 aliphatic rings. The minimum Gasteiger partial charge on any atom is -0.379 e. The highest BCUT2D eigenvalue weighted by molar-refractivity contribution is 9.10. The zero-order valence-corrected chi connectivity index (χ0v) is 15.6. The third-order valence-corrected chi connectivity index (χ3v) is 5.21. The van der Waals surface area contributed by atoms with Gasteiger partial charge in [-0.1, -0.05) is 42.6 Å². The van der Waals surface area contributed by atoms with Gasteiger partial charge < -0.3 is 10.1 Å². The van der Waals surface area contributed by atoms with Crippen LogP contribution in [0.15, 0.2) is 28.7 Å². The Morgan fingerprint density at radius 1 is 1.22 bits per heavy atom. The van der Waals surface area contributed by atoms with Crippen LogP contribution in [-0.2, 0) is 4.74 Å². The SMILES string of the molecule is CCC(CC)C(CNC(=O)c1ccc(Br)cc1)N1CCOCC1. The van der Waals surface area contributed by atoms with Crippen molar-refractivity contribution in [2.75, 3.05) is 32.8 Å². The fourth-order valence-corrected chi connectivity index (χ4v) is 3.50. The van der Waals surface area contributed by atoms with Crippen LogP contribution < -0.4 is 5.32 Å². The van der Waals surface area contributed by atoms with Crippen LogP contribution in [-0.4, -0.2) is 49.7 Å². The number of hydrogen-bond acceptors (Lipinski definition) is 3. The normalized spacial score (nSPS) is 17.2. The van der Waals surface area contributed by atoms with Crippen molar-refractivity contribution >= 4 is 21.8 Å². The van der Waals surface area contributed by atoms with E-state index in [0.717, 1.165) is 43.6 Å². The molecule has 1 aromatic carbocycles. The van der Waals surface area contributed by atoms with E-state index in [1.54, 1.807) is 0 Å². The minimum atomic E-state index is 0.00159. The summed E-state index contributed by atoms with van der Waals surface area (Å²) in [7, 11) is 0. The van der Waals surface area contributed by atoms with E-state index in [0.29, 0.717) is 24.1 Å². The van der Waals surface area contributed by atoms with E-state index in [1.165, 1.54) is 0 Å². The van der Waals surface area contributed by atoms with Gasteiger partial charge in [0.1, 0.15) is 0 Å². The number of nitrogens with zero attached hydrogens (tertiary/aromatic N) is 1. The van der Waals surface area contributed by atoms with E-state index in [2.05, 4.69) is 40.0 Å². The Morgan fingerprint density at radius 3 is 2.39 bits per heavy atom. The first-order valence-corrected chi connectivity index (χ1v) is 9.30. The molecule has 4 nitrogen and oxygen atoms in total. The summed E-state index contributed by atoms with van der Waals surface area (Å²) in [5.41, 5.74) is 0.707. The van der Waals surface area contributed by atoms with Crippen LogP contribution >= 0.6 is 15.9 Å². The first-order chi connectivity index (χ1) is 11.2. The molecule has 0 aromatic heterocycles. The summed E-state index contributed by atoms with van der Waals surface area (Å²) in [4.78, 5) is 14.8. The van der Waals surface area contributed by atoms with Gasteiger partial charge in [0.05, 0.1) is 13.2 Å². The molecule has 1 saturated heterocycles. The molecule has 1 amide bonds. The van der Waals surface area contributed by atoms with Gasteiger partial charge >= 0.3 is 0 Å². The molecule has 0 spiro atoms. The predicted molar refractivity (Wildman–Crippen MR) is 96.7 cm³/mol. The first kappa shape index (κ1) is 18.4. The van der Waals surface area contributed by atoms with Gasteiger partial charge in [-0.2, -0.15) is 0 Å². The van der Waals surface area contributed by atoms with Crippen molar-refractivity contribution in [1.82, 2.24) is 10.2 Å². The molecule has 128 valence electrons. The Hall–Kier alpha value is -0.910. The molecular weight excluding hydrogens is 356 g/mol. The molecule has 0 saturated carbocycles. The van der Waals surface area contributed by atoms with Gasteiger partial charge in [-0.3, -0.25) is 9.69 Å². The van der Waals surface area contributed by atoms with E-state index in [1.807, 2.05) is 24.3 Å². The maximum Gasteiger partial charge on any atom is 0.251 e. The second-order valence-corrected chi connectivity index (χ2v) is 6.92. The number of nitrogens with one attached hydrogen (secondary N) is 1. The lowest BCUT2D eigenvalue weighted by atomic mass is 9.92. The predicted octanol–water partition coefficient (Wildman–Crippen LogP) is 3.32. The number of morpholine rings is 1. The molecule has 1 aromatic rings. The number of ether oxygens (including phenoxy) is 1. The Morgan fingerprint density at radius 2 is 1.83 bits per heavy atom. The van der Waals surface area contributed by atoms with E-state index >= 15 is 0 Å². The van der Waals surface area contributed by atoms with Crippen LogP contribution in [0.5, 0.6) is 0 Å². The van der Waals surface area contributed by atoms with Gasteiger partial charge in [0.2, 0.25) is 0 Å². The molecule has 1 N–H and O–H groups in total. The minimum absolute atomic E-state index is 0.00159. The summed E-state index contributed by atoms with van der Waals surface area (Å²) in [6, 6.07) is 7.87. The number of carbonyl (C=O) groups excluding carboxylic acids is 1. The lowest BCUT2D eigenvalue weighted by molar-refractivity contribution is 0.00191. The van der Waals surface area contributed by atoms with Crippen LogP contribution in [0.1, 0.15) is 37.0 Å². The smallest absolute Gasteiger partial charge is 0.251 e. The lowest BCUT2D eigenvalue weighted by Gasteiger charge is -2.38. The van der Waals surface area contributed by atoms with Crippen LogP contribution in [0.4, 0.5) is 0 Å². The quantitative estimate of drug-likeness (QED) is 0.786. The van der Waals surface area contributed by atoms with E-state index in [4.69, 9.17) is 4.74 Å². The third-order valence-electron chi connectivity index (χ3n) is 4.69. The van der Waals surface area contributed by atoms with Crippen LogP contribution in [0.3, 0.4) is 0 Å². The van der Waals surface area contributed by atoms with Gasteiger partial charge in [0.25, 0.3) is 5.91 Å². The van der Waals surface area contributed by atoms with Crippen molar-refractivity contribution < 1.29 is 9.53 Å².